The Morgan fingerprint density at radius 1 is 1.00 bits per heavy atom. The lowest BCUT2D eigenvalue weighted by Crippen LogP contribution is -1.96. The zero-order chi connectivity index (χ0) is 18.4. The Morgan fingerprint density at radius 2 is 1.77 bits per heavy atom. The molecule has 3 heteroatoms. The molecular weight excluding hydrogens is 344 g/mol. The van der Waals surface area contributed by atoms with E-state index in [-0.39, 0.29) is 5.78 Å². The van der Waals surface area contributed by atoms with Gasteiger partial charge in [0.15, 0.2) is 5.78 Å². The van der Waals surface area contributed by atoms with Crippen LogP contribution in [0.2, 0.25) is 5.02 Å². The molecule has 0 N–H and O–H groups in total. The Labute approximate surface area is 158 Å². The van der Waals surface area contributed by atoms with E-state index in [9.17, 15) is 4.79 Å². The SMILES string of the molecule is Cc1ccc(C(=O)/C=C/c2cccc(OCc3ccccc3Cl)c2)cc1. The minimum absolute atomic E-state index is 0.0209. The van der Waals surface area contributed by atoms with Gasteiger partial charge in [-0.3, -0.25) is 4.79 Å². The standard InChI is InChI=1S/C23H19ClO2/c1-17-9-12-19(13-10-17)23(25)14-11-18-5-4-7-21(15-18)26-16-20-6-2-3-8-22(20)24/h2-15H,16H2,1H3/b14-11+. The molecule has 0 aromatic heterocycles. The van der Waals surface area contributed by atoms with Gasteiger partial charge in [0.25, 0.3) is 0 Å². The van der Waals surface area contributed by atoms with Gasteiger partial charge in [0.05, 0.1) is 0 Å². The number of hydrogen-bond donors (Lipinski definition) is 0. The molecule has 26 heavy (non-hydrogen) atoms. The molecule has 0 amide bonds. The zero-order valence-electron chi connectivity index (χ0n) is 14.5. The average Bonchev–Trinajstić information content (AvgIpc) is 2.66. The fraction of sp³-hybridized carbons (Fsp3) is 0.0870. The van der Waals surface area contributed by atoms with E-state index >= 15 is 0 Å². The van der Waals surface area contributed by atoms with E-state index in [4.69, 9.17) is 16.3 Å². The summed E-state index contributed by atoms with van der Waals surface area (Å²) in [4.78, 5) is 12.2. The second kappa shape index (κ2) is 8.50. The fourth-order valence-corrected chi connectivity index (χ4v) is 2.66. The van der Waals surface area contributed by atoms with Gasteiger partial charge in [-0.25, -0.2) is 0 Å². The van der Waals surface area contributed by atoms with Crippen LogP contribution in [0.1, 0.15) is 27.0 Å². The molecule has 0 heterocycles. The number of carbonyl (C=O) groups is 1. The third-order valence-electron chi connectivity index (χ3n) is 3.97. The Bertz CT molecular complexity index is 927. The molecule has 0 radical (unpaired) electrons. The number of hydrogen-bond acceptors (Lipinski definition) is 2. The van der Waals surface area contributed by atoms with Crippen molar-refractivity contribution < 1.29 is 9.53 Å². The lowest BCUT2D eigenvalue weighted by atomic mass is 10.1. The second-order valence-corrected chi connectivity index (χ2v) is 6.42. The van der Waals surface area contributed by atoms with E-state index in [1.165, 1.54) is 0 Å². The van der Waals surface area contributed by atoms with Gasteiger partial charge in [0.2, 0.25) is 0 Å². The molecule has 0 bridgehead atoms. The molecule has 130 valence electrons. The smallest absolute Gasteiger partial charge is 0.185 e. The molecular formula is C23H19ClO2. The van der Waals surface area contributed by atoms with Crippen molar-refractivity contribution in [2.24, 2.45) is 0 Å². The van der Waals surface area contributed by atoms with Crippen LogP contribution in [-0.2, 0) is 6.61 Å². The van der Waals surface area contributed by atoms with Crippen LogP contribution < -0.4 is 4.74 Å². The highest BCUT2D eigenvalue weighted by Gasteiger charge is 2.03. The van der Waals surface area contributed by atoms with Crippen LogP contribution in [0, 0.1) is 6.92 Å². The van der Waals surface area contributed by atoms with Crippen molar-refractivity contribution >= 4 is 23.5 Å². The van der Waals surface area contributed by atoms with Gasteiger partial charge in [-0.2, -0.15) is 0 Å². The van der Waals surface area contributed by atoms with E-state index < -0.39 is 0 Å². The minimum Gasteiger partial charge on any atom is -0.489 e. The first-order valence-corrected chi connectivity index (χ1v) is 8.75. The molecule has 2 nitrogen and oxygen atoms in total. The van der Waals surface area contributed by atoms with E-state index in [2.05, 4.69) is 0 Å². The van der Waals surface area contributed by atoms with Crippen LogP contribution in [0.3, 0.4) is 0 Å². The summed E-state index contributed by atoms with van der Waals surface area (Å²) in [5.74, 6) is 0.710. The zero-order valence-corrected chi connectivity index (χ0v) is 15.2. The van der Waals surface area contributed by atoms with Gasteiger partial charge in [0.1, 0.15) is 12.4 Å². The third kappa shape index (κ3) is 4.84. The van der Waals surface area contributed by atoms with E-state index in [0.29, 0.717) is 17.2 Å². The Balaban J connectivity index is 1.66. The van der Waals surface area contributed by atoms with Crippen molar-refractivity contribution in [2.45, 2.75) is 13.5 Å². The number of benzene rings is 3. The van der Waals surface area contributed by atoms with Gasteiger partial charge in [0, 0.05) is 16.1 Å². The highest BCUT2D eigenvalue weighted by atomic mass is 35.5. The number of carbonyl (C=O) groups excluding carboxylic acids is 1. The first-order chi connectivity index (χ1) is 12.6. The summed E-state index contributed by atoms with van der Waals surface area (Å²) in [6.07, 6.45) is 3.38. The summed E-state index contributed by atoms with van der Waals surface area (Å²) in [6.45, 7) is 2.40. The van der Waals surface area contributed by atoms with Gasteiger partial charge in [-0.05, 0) is 36.8 Å². The Morgan fingerprint density at radius 3 is 2.54 bits per heavy atom. The average molecular weight is 363 g/mol. The summed E-state index contributed by atoms with van der Waals surface area (Å²) in [5, 5.41) is 0.687. The summed E-state index contributed by atoms with van der Waals surface area (Å²) in [5.41, 5.74) is 3.65. The number of ketones is 1. The summed E-state index contributed by atoms with van der Waals surface area (Å²) in [7, 11) is 0. The number of ether oxygens (including phenoxy) is 1. The highest BCUT2D eigenvalue weighted by Crippen LogP contribution is 2.20. The van der Waals surface area contributed by atoms with Crippen LogP contribution >= 0.6 is 11.6 Å². The molecule has 0 atom stereocenters. The molecule has 3 aromatic rings. The van der Waals surface area contributed by atoms with Crippen molar-refractivity contribution in [3.8, 4) is 5.75 Å². The quantitative estimate of drug-likeness (QED) is 0.390. The Kier molecular flexibility index (Phi) is 5.88. The minimum atomic E-state index is -0.0209. The molecule has 0 aliphatic heterocycles. The first kappa shape index (κ1) is 18.0. The predicted molar refractivity (Wildman–Crippen MR) is 107 cm³/mol. The lowest BCUT2D eigenvalue weighted by molar-refractivity contribution is 0.104. The maximum absolute atomic E-state index is 12.2. The van der Waals surface area contributed by atoms with E-state index in [0.717, 1.165) is 22.4 Å². The maximum atomic E-state index is 12.2. The fourth-order valence-electron chi connectivity index (χ4n) is 2.47. The normalized spacial score (nSPS) is 10.8. The summed E-state index contributed by atoms with van der Waals surface area (Å²) in [6, 6.07) is 22.8. The number of aryl methyl sites for hydroxylation is 1. The van der Waals surface area contributed by atoms with Gasteiger partial charge in [-0.1, -0.05) is 77.8 Å². The highest BCUT2D eigenvalue weighted by molar-refractivity contribution is 6.31. The van der Waals surface area contributed by atoms with Crippen LogP contribution in [0.15, 0.2) is 78.9 Å². The molecule has 3 rings (SSSR count). The van der Waals surface area contributed by atoms with Gasteiger partial charge >= 0.3 is 0 Å². The predicted octanol–water partition coefficient (Wildman–Crippen LogP) is 6.12. The van der Waals surface area contributed by atoms with E-state index in [1.807, 2.05) is 79.7 Å². The van der Waals surface area contributed by atoms with Crippen molar-refractivity contribution in [3.05, 3.63) is 106 Å². The largest absolute Gasteiger partial charge is 0.489 e. The topological polar surface area (TPSA) is 26.3 Å². The third-order valence-corrected chi connectivity index (χ3v) is 4.34. The first-order valence-electron chi connectivity index (χ1n) is 8.37. The monoisotopic (exact) mass is 362 g/mol. The molecule has 0 aliphatic rings. The maximum Gasteiger partial charge on any atom is 0.185 e. The van der Waals surface area contributed by atoms with Gasteiger partial charge in [-0.15, -0.1) is 0 Å². The van der Waals surface area contributed by atoms with E-state index in [1.54, 1.807) is 12.2 Å². The molecule has 3 aromatic carbocycles. The Hall–Kier alpha value is -2.84. The number of rotatable bonds is 6. The molecule has 0 fully saturated rings. The number of allylic oxidation sites excluding steroid dienone is 1. The molecule has 0 saturated heterocycles. The van der Waals surface area contributed by atoms with Crippen LogP contribution in [0.4, 0.5) is 0 Å². The number of halogens is 1. The molecule has 0 unspecified atom stereocenters. The summed E-state index contributed by atoms with van der Waals surface area (Å²) < 4.78 is 5.81. The lowest BCUT2D eigenvalue weighted by Gasteiger charge is -2.08. The van der Waals surface area contributed by atoms with Crippen LogP contribution in [-0.4, -0.2) is 5.78 Å². The van der Waals surface area contributed by atoms with Crippen molar-refractivity contribution in [3.63, 3.8) is 0 Å². The molecule has 0 spiro atoms. The van der Waals surface area contributed by atoms with Crippen LogP contribution in [0.5, 0.6) is 5.75 Å². The van der Waals surface area contributed by atoms with Crippen molar-refractivity contribution in [1.29, 1.82) is 0 Å². The van der Waals surface area contributed by atoms with Gasteiger partial charge < -0.3 is 4.74 Å². The van der Waals surface area contributed by atoms with Crippen LogP contribution in [0.25, 0.3) is 6.08 Å². The van der Waals surface area contributed by atoms with Crippen molar-refractivity contribution in [2.75, 3.05) is 0 Å². The molecule has 0 saturated carbocycles. The molecule has 0 aliphatic carbocycles. The van der Waals surface area contributed by atoms with Crippen molar-refractivity contribution in [1.82, 2.24) is 0 Å². The second-order valence-electron chi connectivity index (χ2n) is 6.02. The summed E-state index contributed by atoms with van der Waals surface area (Å²) >= 11 is 6.15.